The molecule has 0 bridgehead atoms. The number of likely N-dealkylation sites (tertiary alicyclic amines) is 1. The van der Waals surface area contributed by atoms with Gasteiger partial charge in [0, 0.05) is 30.6 Å². The molecule has 0 spiro atoms. The predicted molar refractivity (Wildman–Crippen MR) is 98.0 cm³/mol. The summed E-state index contributed by atoms with van der Waals surface area (Å²) in [6.07, 6.45) is 3.82. The molecule has 0 aromatic heterocycles. The second-order valence-corrected chi connectivity index (χ2v) is 6.11. The third-order valence-electron chi connectivity index (χ3n) is 4.42. The number of hydrogen-bond donors (Lipinski definition) is 1. The van der Waals surface area contributed by atoms with Crippen molar-refractivity contribution in [3.63, 3.8) is 0 Å². The van der Waals surface area contributed by atoms with E-state index in [1.54, 1.807) is 30.2 Å². The van der Waals surface area contributed by atoms with Crippen molar-refractivity contribution in [3.05, 3.63) is 29.8 Å². The van der Waals surface area contributed by atoms with Gasteiger partial charge in [-0.2, -0.15) is 0 Å². The van der Waals surface area contributed by atoms with Gasteiger partial charge in [-0.05, 0) is 37.1 Å². The Morgan fingerprint density at radius 2 is 1.89 bits per heavy atom. The molecule has 8 nitrogen and oxygen atoms in total. The average Bonchev–Trinajstić information content (AvgIpc) is 2.70. The fraction of sp³-hybridized carbons (Fsp3) is 0.421. The van der Waals surface area contributed by atoms with Gasteiger partial charge in [0.1, 0.15) is 11.5 Å². The maximum absolute atomic E-state index is 12.1. The molecule has 1 aromatic carbocycles. The fourth-order valence-corrected chi connectivity index (χ4v) is 2.81. The largest absolute Gasteiger partial charge is 0.497 e. The Bertz CT molecular complexity index is 723. The van der Waals surface area contributed by atoms with Crippen LogP contribution in [0.25, 0.3) is 6.08 Å². The molecule has 0 atom stereocenters. The Hall–Kier alpha value is -3.03. The van der Waals surface area contributed by atoms with Crippen LogP contribution in [0.15, 0.2) is 24.3 Å². The molecule has 1 aliphatic heterocycles. The average molecular weight is 376 g/mol. The van der Waals surface area contributed by atoms with Gasteiger partial charge in [-0.15, -0.1) is 0 Å². The van der Waals surface area contributed by atoms with Crippen molar-refractivity contribution in [2.45, 2.75) is 12.8 Å². The number of ether oxygens (including phenoxy) is 3. The molecule has 2 rings (SSSR count). The fourth-order valence-electron chi connectivity index (χ4n) is 2.81. The van der Waals surface area contributed by atoms with Crippen molar-refractivity contribution in [2.24, 2.45) is 11.7 Å². The maximum Gasteiger partial charge on any atom is 0.331 e. The van der Waals surface area contributed by atoms with Gasteiger partial charge in [0.25, 0.3) is 5.91 Å². The first-order valence-corrected chi connectivity index (χ1v) is 8.58. The Morgan fingerprint density at radius 1 is 1.19 bits per heavy atom. The number of primary amides is 1. The van der Waals surface area contributed by atoms with E-state index in [2.05, 4.69) is 0 Å². The van der Waals surface area contributed by atoms with Gasteiger partial charge in [-0.25, -0.2) is 4.79 Å². The zero-order valence-corrected chi connectivity index (χ0v) is 15.5. The first-order valence-electron chi connectivity index (χ1n) is 8.58. The molecule has 146 valence electrons. The molecule has 0 radical (unpaired) electrons. The van der Waals surface area contributed by atoms with Crippen LogP contribution in [0.5, 0.6) is 11.5 Å². The number of amides is 2. The topological polar surface area (TPSA) is 108 Å². The van der Waals surface area contributed by atoms with Crippen LogP contribution in [0.1, 0.15) is 18.4 Å². The van der Waals surface area contributed by atoms with Crippen LogP contribution >= 0.6 is 0 Å². The second-order valence-electron chi connectivity index (χ2n) is 6.11. The van der Waals surface area contributed by atoms with Gasteiger partial charge in [0.15, 0.2) is 6.61 Å². The minimum Gasteiger partial charge on any atom is -0.497 e. The van der Waals surface area contributed by atoms with E-state index in [-0.39, 0.29) is 24.3 Å². The highest BCUT2D eigenvalue weighted by Gasteiger charge is 2.26. The molecule has 0 saturated carbocycles. The van der Waals surface area contributed by atoms with Crippen LogP contribution < -0.4 is 15.2 Å². The van der Waals surface area contributed by atoms with E-state index in [0.29, 0.717) is 43.0 Å². The van der Waals surface area contributed by atoms with E-state index >= 15 is 0 Å². The van der Waals surface area contributed by atoms with Gasteiger partial charge in [-0.3, -0.25) is 9.59 Å². The SMILES string of the molecule is COc1ccc(OC)c(/C=C/C(=O)OCC(=O)N2CCC(C(N)=O)CC2)c1. The van der Waals surface area contributed by atoms with Crippen LogP contribution in [-0.2, 0) is 19.1 Å². The van der Waals surface area contributed by atoms with Crippen LogP contribution in [0, 0.1) is 5.92 Å². The minimum atomic E-state index is -0.639. The van der Waals surface area contributed by atoms with Crippen molar-refractivity contribution >= 4 is 23.9 Å². The zero-order chi connectivity index (χ0) is 19.8. The normalized spacial score (nSPS) is 14.8. The van der Waals surface area contributed by atoms with Crippen molar-refractivity contribution < 1.29 is 28.6 Å². The van der Waals surface area contributed by atoms with Crippen LogP contribution in [0.4, 0.5) is 0 Å². The van der Waals surface area contributed by atoms with Crippen LogP contribution in [-0.4, -0.2) is 56.6 Å². The Balaban J connectivity index is 1.85. The van der Waals surface area contributed by atoms with E-state index < -0.39 is 5.97 Å². The molecule has 27 heavy (non-hydrogen) atoms. The maximum atomic E-state index is 12.1. The monoisotopic (exact) mass is 376 g/mol. The molecule has 1 aliphatic rings. The summed E-state index contributed by atoms with van der Waals surface area (Å²) < 4.78 is 15.4. The van der Waals surface area contributed by atoms with E-state index in [9.17, 15) is 14.4 Å². The molecule has 0 unspecified atom stereocenters. The highest BCUT2D eigenvalue weighted by atomic mass is 16.5. The van der Waals surface area contributed by atoms with Gasteiger partial charge < -0.3 is 24.8 Å². The third kappa shape index (κ3) is 5.73. The summed E-state index contributed by atoms with van der Waals surface area (Å²) in [5, 5.41) is 0. The molecule has 8 heteroatoms. The molecular weight excluding hydrogens is 352 g/mol. The molecule has 0 aliphatic carbocycles. The number of hydrogen-bond acceptors (Lipinski definition) is 6. The summed E-state index contributed by atoms with van der Waals surface area (Å²) in [5.74, 6) is -0.269. The second kappa shape index (κ2) is 9.61. The summed E-state index contributed by atoms with van der Waals surface area (Å²) in [4.78, 5) is 36.7. The van der Waals surface area contributed by atoms with Crippen LogP contribution in [0.3, 0.4) is 0 Å². The Morgan fingerprint density at radius 3 is 2.48 bits per heavy atom. The van der Waals surface area contributed by atoms with Crippen molar-refractivity contribution in [3.8, 4) is 11.5 Å². The summed E-state index contributed by atoms with van der Waals surface area (Å²) >= 11 is 0. The highest BCUT2D eigenvalue weighted by molar-refractivity contribution is 5.89. The number of nitrogens with two attached hydrogens (primary N) is 1. The summed E-state index contributed by atoms with van der Waals surface area (Å²) in [7, 11) is 3.07. The number of esters is 1. The number of carbonyl (C=O) groups is 3. The number of piperidine rings is 1. The molecular formula is C19H24N2O6. The van der Waals surface area contributed by atoms with Crippen LogP contribution in [0.2, 0.25) is 0 Å². The smallest absolute Gasteiger partial charge is 0.331 e. The van der Waals surface area contributed by atoms with E-state index in [0.717, 1.165) is 0 Å². The lowest BCUT2D eigenvalue weighted by molar-refractivity contribution is -0.149. The minimum absolute atomic E-state index is 0.197. The number of nitrogens with zero attached hydrogens (tertiary/aromatic N) is 1. The van der Waals surface area contributed by atoms with Gasteiger partial charge in [0.2, 0.25) is 5.91 Å². The highest BCUT2D eigenvalue weighted by Crippen LogP contribution is 2.25. The quantitative estimate of drug-likeness (QED) is 0.561. The van der Waals surface area contributed by atoms with Crippen molar-refractivity contribution in [1.82, 2.24) is 4.90 Å². The number of methoxy groups -OCH3 is 2. The van der Waals surface area contributed by atoms with Crippen molar-refractivity contribution in [1.29, 1.82) is 0 Å². The molecule has 1 saturated heterocycles. The molecule has 1 aromatic rings. The summed E-state index contributed by atoms with van der Waals surface area (Å²) in [6.45, 7) is 0.515. The lowest BCUT2D eigenvalue weighted by Crippen LogP contribution is -2.43. The number of benzene rings is 1. The standard InChI is InChI=1S/C19H24N2O6/c1-25-15-4-5-16(26-2)14(11-15)3-6-18(23)27-12-17(22)21-9-7-13(8-10-21)19(20)24/h3-6,11,13H,7-10,12H2,1-2H3,(H2,20,24)/b6-3+. The van der Waals surface area contributed by atoms with Crippen molar-refractivity contribution in [2.75, 3.05) is 33.9 Å². The molecule has 1 heterocycles. The van der Waals surface area contributed by atoms with E-state index in [4.69, 9.17) is 19.9 Å². The molecule has 1 fully saturated rings. The summed E-state index contributed by atoms with van der Waals surface area (Å²) in [5.41, 5.74) is 5.92. The lowest BCUT2D eigenvalue weighted by atomic mass is 9.96. The third-order valence-corrected chi connectivity index (χ3v) is 4.42. The van der Waals surface area contributed by atoms with Gasteiger partial charge >= 0.3 is 5.97 Å². The van der Waals surface area contributed by atoms with Gasteiger partial charge in [0.05, 0.1) is 14.2 Å². The molecule has 2 N–H and O–H groups in total. The van der Waals surface area contributed by atoms with Gasteiger partial charge in [-0.1, -0.05) is 0 Å². The number of rotatable bonds is 7. The van der Waals surface area contributed by atoms with E-state index in [1.165, 1.54) is 19.3 Å². The Labute approximate surface area is 157 Å². The first-order chi connectivity index (χ1) is 12.9. The molecule has 2 amide bonds. The number of carbonyl (C=O) groups excluding carboxylic acids is 3. The zero-order valence-electron chi connectivity index (χ0n) is 15.5. The first kappa shape index (κ1) is 20.3. The summed E-state index contributed by atoms with van der Waals surface area (Å²) in [6, 6.07) is 5.19. The lowest BCUT2D eigenvalue weighted by Gasteiger charge is -2.30. The van der Waals surface area contributed by atoms with E-state index in [1.807, 2.05) is 0 Å². The Kier molecular flexibility index (Phi) is 7.22. The predicted octanol–water partition coefficient (Wildman–Crippen LogP) is 0.984.